The third-order valence-electron chi connectivity index (χ3n) is 12.3. The Hall–Kier alpha value is -0.585. The van der Waals surface area contributed by atoms with Crippen LogP contribution in [0.4, 0.5) is 0 Å². The van der Waals surface area contributed by atoms with E-state index < -0.39 is 32.3 Å². The Balaban J connectivity index is -0.000000436. The van der Waals surface area contributed by atoms with Crippen LogP contribution in [0.15, 0.2) is 72.8 Å². The zero-order chi connectivity index (χ0) is 62.8. The Kier molecular flexibility index (Phi) is 34.2. The average Bonchev–Trinajstić information content (AvgIpc) is 3.13. The van der Waals surface area contributed by atoms with Gasteiger partial charge in [-0.2, -0.15) is 0 Å². The van der Waals surface area contributed by atoms with E-state index in [2.05, 4.69) is 256 Å². The Morgan fingerprint density at radius 3 is 0.362 bits per heavy atom. The summed E-state index contributed by atoms with van der Waals surface area (Å²) >= 11 is 0. The van der Waals surface area contributed by atoms with E-state index in [1.807, 2.05) is 72.8 Å². The molecule has 0 N–H and O–H groups in total. The summed E-state index contributed by atoms with van der Waals surface area (Å²) in [6.45, 7) is 78.8. The molecular weight excluding hydrogens is 1370 g/mol. The normalized spacial score (nSPS) is 12.8. The summed E-state index contributed by atoms with van der Waals surface area (Å²) in [4.78, 5) is 0. The smallest absolute Gasteiger partial charge is 0.872 e. The van der Waals surface area contributed by atoms with Crippen LogP contribution < -0.4 is 20.4 Å². The van der Waals surface area contributed by atoms with Crippen molar-refractivity contribution in [1.29, 1.82) is 0 Å². The van der Waals surface area contributed by atoms with Crippen molar-refractivity contribution in [1.82, 2.24) is 0 Å². The van der Waals surface area contributed by atoms with Crippen molar-refractivity contribution in [2.75, 3.05) is 0 Å². The van der Waals surface area contributed by atoms with Gasteiger partial charge in [-0.05, 0) is 43.3 Å². The molecular formula is C70H122Lu2O4Si4. The molecule has 0 heterocycles. The first-order valence-corrected chi connectivity index (χ1v) is 43.3. The van der Waals surface area contributed by atoms with E-state index in [1.165, 1.54) is 0 Å². The van der Waals surface area contributed by atoms with E-state index in [0.717, 1.165) is 44.5 Å². The van der Waals surface area contributed by atoms with Gasteiger partial charge in [-0.15, -0.1) is 55.3 Å². The molecule has 10 heteroatoms. The Morgan fingerprint density at radius 1 is 0.225 bits per heavy atom. The van der Waals surface area contributed by atoms with E-state index in [4.69, 9.17) is 0 Å². The SMILES string of the molecule is CC(C)(C)c1cccc(C(C)(C)C)c1[O-].CC(C)(C)c1cccc(C(C)(C)C)c1[O-].CC(C)(C)c1cccc(C(C)(C)C)c1[O-].CC(C)(C)c1cccc(C(C)(C)C)c1[O-].C[Si](C)(C)[CH-][Si](C)(C)C.C[Si](C)(C)[CH-][Si](C)(C)C.[Lu+3].[Lu+3]. The van der Waals surface area contributed by atoms with Gasteiger partial charge in [-0.25, -0.2) is 0 Å². The topological polar surface area (TPSA) is 92.2 Å². The monoisotopic (exact) mass is 1490 g/mol. The van der Waals surface area contributed by atoms with Gasteiger partial charge in [0.2, 0.25) is 0 Å². The van der Waals surface area contributed by atoms with E-state index in [-0.39, 0.29) is 140 Å². The molecule has 0 saturated heterocycles. The molecule has 4 aromatic carbocycles. The van der Waals surface area contributed by atoms with Crippen molar-refractivity contribution >= 4 is 32.3 Å². The first-order valence-electron chi connectivity index (χ1n) is 28.9. The number of rotatable bonds is 4. The Morgan fingerprint density at radius 2 is 0.312 bits per heavy atom. The first kappa shape index (κ1) is 85.9. The van der Waals surface area contributed by atoms with Gasteiger partial charge in [0.15, 0.2) is 0 Å². The second-order valence-electron chi connectivity index (χ2n) is 34.5. The molecule has 0 amide bonds. The van der Waals surface area contributed by atoms with Gasteiger partial charge in [0.05, 0.1) is 0 Å². The van der Waals surface area contributed by atoms with Crippen molar-refractivity contribution in [3.8, 4) is 23.0 Å². The maximum Gasteiger partial charge on any atom is 3.00 e. The molecule has 0 unspecified atom stereocenters. The van der Waals surface area contributed by atoms with Crippen LogP contribution in [0.25, 0.3) is 0 Å². The van der Waals surface area contributed by atoms with E-state index in [0.29, 0.717) is 0 Å². The fourth-order valence-corrected chi connectivity index (χ4v) is 30.3. The molecule has 0 spiro atoms. The predicted octanol–water partition coefficient (Wildman–Crippen LogP) is 19.3. The number of benzene rings is 4. The Labute approximate surface area is 560 Å². The van der Waals surface area contributed by atoms with Gasteiger partial charge in [-0.1, -0.05) is 362 Å². The summed E-state index contributed by atoms with van der Waals surface area (Å²) in [5.41, 5.74) is 12.0. The quantitative estimate of drug-likeness (QED) is 0.150. The van der Waals surface area contributed by atoms with E-state index in [9.17, 15) is 20.4 Å². The summed E-state index contributed by atoms with van der Waals surface area (Å²) in [5, 5.41) is 49.0. The van der Waals surface area contributed by atoms with Gasteiger partial charge < -0.3 is 31.8 Å². The van der Waals surface area contributed by atoms with Crippen LogP contribution in [0.2, 0.25) is 78.6 Å². The molecule has 0 bridgehead atoms. The summed E-state index contributed by atoms with van der Waals surface area (Å²) < 4.78 is 0. The van der Waals surface area contributed by atoms with Crippen LogP contribution in [-0.2, 0) is 43.3 Å². The molecule has 0 saturated carbocycles. The van der Waals surface area contributed by atoms with E-state index >= 15 is 0 Å². The van der Waals surface area contributed by atoms with Crippen molar-refractivity contribution in [3.63, 3.8) is 0 Å². The summed E-state index contributed by atoms with van der Waals surface area (Å²) in [7, 11) is -3.42. The maximum atomic E-state index is 12.3. The minimum absolute atomic E-state index is 0. The molecule has 0 aliphatic carbocycles. The van der Waals surface area contributed by atoms with Crippen molar-refractivity contribution in [3.05, 3.63) is 129 Å². The minimum Gasteiger partial charge on any atom is -0.872 e. The fourth-order valence-electron chi connectivity index (χ4n) is 9.47. The molecule has 80 heavy (non-hydrogen) atoms. The largest absolute Gasteiger partial charge is 3.00 e. The molecule has 0 fully saturated rings. The molecule has 0 aromatic heterocycles. The predicted molar refractivity (Wildman–Crippen MR) is 355 cm³/mol. The van der Waals surface area contributed by atoms with Crippen LogP contribution in [0, 0.1) is 85.1 Å². The number of para-hydroxylation sites is 4. The van der Waals surface area contributed by atoms with Crippen LogP contribution in [0.1, 0.15) is 211 Å². The van der Waals surface area contributed by atoms with Gasteiger partial charge in [0.1, 0.15) is 0 Å². The molecule has 472 valence electrons. The summed E-state index contributed by atoms with van der Waals surface area (Å²) in [5.74, 6) is 0.824. The molecule has 0 radical (unpaired) electrons. The molecule has 4 nitrogen and oxygen atoms in total. The Bertz CT molecular complexity index is 1970. The third kappa shape index (κ3) is 33.9. The zero-order valence-corrected chi connectivity index (χ0v) is 65.5. The standard InChI is InChI=1S/4C14H22O.2C7H19Si2.2Lu/c4*1-13(2,3)10-8-7-9-11(12(10)15)14(4,5)6;2*1-8(2,3)7-9(4,5)6;;/h4*7-9,15H,1-6H3;2*7H,1-6H3;;/q;;;;2*-1;2*+3/p-4. The summed E-state index contributed by atoms with van der Waals surface area (Å²) in [6, 6.07) is 23.5. The molecule has 0 aliphatic heterocycles. The first-order chi connectivity index (χ1) is 34.0. The van der Waals surface area contributed by atoms with Gasteiger partial charge in [-0.3, -0.25) is 0 Å². The van der Waals surface area contributed by atoms with E-state index in [1.54, 1.807) is 0 Å². The van der Waals surface area contributed by atoms with Crippen LogP contribution in [-0.4, -0.2) is 32.3 Å². The molecule has 4 rings (SSSR count). The number of hydrogen-bond donors (Lipinski definition) is 0. The number of hydrogen-bond acceptors (Lipinski definition) is 4. The van der Waals surface area contributed by atoms with Crippen molar-refractivity contribution in [2.24, 2.45) is 0 Å². The van der Waals surface area contributed by atoms with Crippen LogP contribution in [0.3, 0.4) is 0 Å². The van der Waals surface area contributed by atoms with Crippen LogP contribution >= 0.6 is 0 Å². The average molecular weight is 1490 g/mol. The molecule has 4 aromatic rings. The van der Waals surface area contributed by atoms with Crippen LogP contribution in [0.5, 0.6) is 23.0 Å². The van der Waals surface area contributed by atoms with Crippen molar-refractivity contribution < 1.29 is 94.2 Å². The second kappa shape index (κ2) is 31.9. The fraction of sp³-hybridized carbons (Fsp3) is 0.629. The zero-order valence-electron chi connectivity index (χ0n) is 58.2. The van der Waals surface area contributed by atoms with Crippen molar-refractivity contribution in [2.45, 2.75) is 288 Å². The molecule has 0 atom stereocenters. The third-order valence-corrected chi connectivity index (χ3v) is 26.1. The molecule has 0 aliphatic rings. The second-order valence-corrected chi connectivity index (χ2v) is 55.7. The van der Waals surface area contributed by atoms with Gasteiger partial charge in [0, 0.05) is 0 Å². The van der Waals surface area contributed by atoms with Gasteiger partial charge in [0.25, 0.3) is 0 Å². The minimum atomic E-state index is -0.856. The van der Waals surface area contributed by atoms with Gasteiger partial charge >= 0.3 is 73.7 Å². The maximum absolute atomic E-state index is 12.3. The summed E-state index contributed by atoms with van der Waals surface area (Å²) in [6.07, 6.45) is 0.